The van der Waals surface area contributed by atoms with Gasteiger partial charge in [0.25, 0.3) is 5.91 Å². The number of amides is 1. The second-order valence-corrected chi connectivity index (χ2v) is 5.70. The summed E-state index contributed by atoms with van der Waals surface area (Å²) in [7, 11) is 0. The van der Waals surface area contributed by atoms with Crippen LogP contribution in [0.5, 0.6) is 0 Å². The van der Waals surface area contributed by atoms with Gasteiger partial charge in [0.1, 0.15) is 0 Å². The minimum absolute atomic E-state index is 0.112. The van der Waals surface area contributed by atoms with Crippen LogP contribution >= 0.6 is 0 Å². The summed E-state index contributed by atoms with van der Waals surface area (Å²) < 4.78 is 5.89. The number of aliphatic hydroxyl groups excluding tert-OH is 1. The predicted octanol–water partition coefficient (Wildman–Crippen LogP) is 3.63. The minimum Gasteiger partial charge on any atom is -0.436 e. The molecule has 132 valence electrons. The highest BCUT2D eigenvalue weighted by molar-refractivity contribution is 6.00. The van der Waals surface area contributed by atoms with Crippen LogP contribution in [0.25, 0.3) is 22.8 Å². The number of aliphatic hydroxyl groups is 1. The van der Waals surface area contributed by atoms with Crippen molar-refractivity contribution in [2.24, 2.45) is 0 Å². The molecule has 0 aliphatic heterocycles. The van der Waals surface area contributed by atoms with E-state index in [0.29, 0.717) is 29.3 Å². The first-order valence-corrected chi connectivity index (χ1v) is 8.36. The third-order valence-electron chi connectivity index (χ3n) is 3.96. The van der Waals surface area contributed by atoms with Crippen molar-refractivity contribution >= 4 is 5.91 Å². The van der Waals surface area contributed by atoms with Gasteiger partial charge in [-0.05, 0) is 12.1 Å². The molecule has 0 radical (unpaired) electrons. The predicted molar refractivity (Wildman–Crippen MR) is 101 cm³/mol. The van der Waals surface area contributed by atoms with Crippen LogP contribution in [0.15, 0.2) is 77.9 Å². The normalized spacial score (nSPS) is 10.5. The van der Waals surface area contributed by atoms with E-state index >= 15 is 0 Å². The molecular weight excluding hydrogens is 328 g/mol. The number of aromatic nitrogens is 1. The molecule has 5 nitrogen and oxygen atoms in total. The van der Waals surface area contributed by atoms with Crippen molar-refractivity contribution in [1.29, 1.82) is 0 Å². The topological polar surface area (TPSA) is 66.6 Å². The first-order chi connectivity index (χ1) is 12.7. The molecule has 3 rings (SSSR count). The van der Waals surface area contributed by atoms with Gasteiger partial charge < -0.3 is 14.4 Å². The molecule has 0 aliphatic rings. The van der Waals surface area contributed by atoms with Crippen molar-refractivity contribution < 1.29 is 14.3 Å². The first-order valence-electron chi connectivity index (χ1n) is 8.36. The van der Waals surface area contributed by atoms with Crippen molar-refractivity contribution in [1.82, 2.24) is 9.88 Å². The highest BCUT2D eigenvalue weighted by atomic mass is 16.4. The van der Waals surface area contributed by atoms with Crippen molar-refractivity contribution in [3.8, 4) is 22.8 Å². The summed E-state index contributed by atoms with van der Waals surface area (Å²) in [5.74, 6) is 0.825. The van der Waals surface area contributed by atoms with Crippen LogP contribution in [0.2, 0.25) is 0 Å². The maximum atomic E-state index is 12.9. The van der Waals surface area contributed by atoms with Gasteiger partial charge in [0.2, 0.25) is 5.89 Å². The summed E-state index contributed by atoms with van der Waals surface area (Å²) in [4.78, 5) is 18.8. The second-order valence-electron chi connectivity index (χ2n) is 5.70. The Labute approximate surface area is 152 Å². The molecule has 1 N–H and O–H groups in total. The second kappa shape index (κ2) is 8.27. The van der Waals surface area contributed by atoms with E-state index in [2.05, 4.69) is 11.6 Å². The van der Waals surface area contributed by atoms with E-state index in [1.807, 2.05) is 36.4 Å². The SMILES string of the molecule is C=CCN(CCO)C(=O)c1ccccc1-c1ncc(-c2ccccc2)o1. The van der Waals surface area contributed by atoms with Crippen molar-refractivity contribution in [3.63, 3.8) is 0 Å². The highest BCUT2D eigenvalue weighted by Crippen LogP contribution is 2.28. The average Bonchev–Trinajstić information content (AvgIpc) is 3.18. The van der Waals surface area contributed by atoms with E-state index in [1.54, 1.807) is 30.5 Å². The van der Waals surface area contributed by atoms with Gasteiger partial charge in [0.15, 0.2) is 5.76 Å². The van der Waals surface area contributed by atoms with Gasteiger partial charge in [-0.1, -0.05) is 48.5 Å². The molecule has 2 aromatic carbocycles. The summed E-state index contributed by atoms with van der Waals surface area (Å²) in [5, 5.41) is 9.22. The number of nitrogens with zero attached hydrogens (tertiary/aromatic N) is 2. The molecule has 26 heavy (non-hydrogen) atoms. The van der Waals surface area contributed by atoms with E-state index in [0.717, 1.165) is 5.56 Å². The summed E-state index contributed by atoms with van der Waals surface area (Å²) in [6, 6.07) is 16.8. The van der Waals surface area contributed by atoms with Crippen LogP contribution in [0.1, 0.15) is 10.4 Å². The standard InChI is InChI=1S/C21H20N2O3/c1-2-12-23(13-14-24)21(25)18-11-7-6-10-17(18)20-22-15-19(26-20)16-8-4-3-5-9-16/h2-11,15,24H,1,12-14H2. The van der Waals surface area contributed by atoms with E-state index in [1.165, 1.54) is 4.90 Å². The smallest absolute Gasteiger partial charge is 0.255 e. The van der Waals surface area contributed by atoms with Gasteiger partial charge in [0.05, 0.1) is 18.4 Å². The number of carbonyl (C=O) groups is 1. The summed E-state index contributed by atoms with van der Waals surface area (Å²) in [5.41, 5.74) is 2.01. The van der Waals surface area contributed by atoms with Crippen LogP contribution < -0.4 is 0 Å². The zero-order valence-electron chi connectivity index (χ0n) is 14.3. The molecule has 1 amide bonds. The number of rotatable bonds is 7. The molecule has 0 atom stereocenters. The Hall–Kier alpha value is -3.18. The molecule has 5 heteroatoms. The lowest BCUT2D eigenvalue weighted by molar-refractivity contribution is 0.0743. The van der Waals surface area contributed by atoms with E-state index in [-0.39, 0.29) is 19.1 Å². The van der Waals surface area contributed by atoms with Crippen LogP contribution in [0.4, 0.5) is 0 Å². The molecule has 1 heterocycles. The van der Waals surface area contributed by atoms with Crippen molar-refractivity contribution in [3.05, 3.63) is 79.0 Å². The molecule has 3 aromatic rings. The average molecular weight is 348 g/mol. The zero-order chi connectivity index (χ0) is 18.4. The fraction of sp³-hybridized carbons (Fsp3) is 0.143. The summed E-state index contributed by atoms with van der Waals surface area (Å²) in [6.45, 7) is 4.15. The third-order valence-corrected chi connectivity index (χ3v) is 3.96. The molecule has 1 aromatic heterocycles. The molecule has 0 bridgehead atoms. The molecule has 0 saturated heterocycles. The third kappa shape index (κ3) is 3.73. The van der Waals surface area contributed by atoms with E-state index in [4.69, 9.17) is 4.42 Å². The van der Waals surface area contributed by atoms with Gasteiger partial charge in [-0.25, -0.2) is 4.98 Å². The quantitative estimate of drug-likeness (QED) is 0.662. The van der Waals surface area contributed by atoms with Crippen molar-refractivity contribution in [2.45, 2.75) is 0 Å². The molecule has 0 saturated carbocycles. The number of oxazole rings is 1. The Morgan fingerprint density at radius 2 is 1.88 bits per heavy atom. The first kappa shape index (κ1) is 17.6. The van der Waals surface area contributed by atoms with Gasteiger partial charge in [-0.15, -0.1) is 6.58 Å². The largest absolute Gasteiger partial charge is 0.436 e. The van der Waals surface area contributed by atoms with Crippen LogP contribution in [-0.4, -0.2) is 40.6 Å². The van der Waals surface area contributed by atoms with Gasteiger partial charge in [0, 0.05) is 24.2 Å². The number of hydrogen-bond donors (Lipinski definition) is 1. The lowest BCUT2D eigenvalue weighted by Gasteiger charge is -2.21. The fourth-order valence-electron chi connectivity index (χ4n) is 2.71. The lowest BCUT2D eigenvalue weighted by Crippen LogP contribution is -2.34. The number of hydrogen-bond acceptors (Lipinski definition) is 4. The molecule has 0 spiro atoms. The molecule has 0 fully saturated rings. The Bertz CT molecular complexity index is 887. The fourth-order valence-corrected chi connectivity index (χ4v) is 2.71. The van der Waals surface area contributed by atoms with Gasteiger partial charge in [-0.2, -0.15) is 0 Å². The highest BCUT2D eigenvalue weighted by Gasteiger charge is 2.20. The maximum absolute atomic E-state index is 12.9. The Balaban J connectivity index is 1.96. The van der Waals surface area contributed by atoms with Crippen LogP contribution in [-0.2, 0) is 0 Å². The van der Waals surface area contributed by atoms with E-state index < -0.39 is 0 Å². The lowest BCUT2D eigenvalue weighted by atomic mass is 10.1. The molecular formula is C21H20N2O3. The minimum atomic E-state index is -0.200. The number of carbonyl (C=O) groups excluding carboxylic acids is 1. The van der Waals surface area contributed by atoms with Crippen LogP contribution in [0.3, 0.4) is 0 Å². The Morgan fingerprint density at radius 3 is 2.62 bits per heavy atom. The van der Waals surface area contributed by atoms with Crippen molar-refractivity contribution in [2.75, 3.05) is 19.7 Å². The van der Waals surface area contributed by atoms with Crippen LogP contribution in [0, 0.1) is 0 Å². The molecule has 0 unspecified atom stereocenters. The monoisotopic (exact) mass is 348 g/mol. The van der Waals surface area contributed by atoms with E-state index in [9.17, 15) is 9.90 Å². The Morgan fingerprint density at radius 1 is 1.15 bits per heavy atom. The zero-order valence-corrected chi connectivity index (χ0v) is 14.3. The molecule has 0 aliphatic carbocycles. The maximum Gasteiger partial charge on any atom is 0.255 e. The summed E-state index contributed by atoms with van der Waals surface area (Å²) >= 11 is 0. The van der Waals surface area contributed by atoms with Gasteiger partial charge >= 0.3 is 0 Å². The summed E-state index contributed by atoms with van der Waals surface area (Å²) in [6.07, 6.45) is 3.29. The number of benzene rings is 2. The van der Waals surface area contributed by atoms with Gasteiger partial charge in [-0.3, -0.25) is 4.79 Å². The Kier molecular flexibility index (Phi) is 5.61.